The van der Waals surface area contributed by atoms with E-state index in [4.69, 9.17) is 4.99 Å². The lowest BCUT2D eigenvalue weighted by Gasteiger charge is -2.17. The van der Waals surface area contributed by atoms with E-state index in [1.54, 1.807) is 0 Å². The summed E-state index contributed by atoms with van der Waals surface area (Å²) in [6.07, 6.45) is 0.986. The van der Waals surface area contributed by atoms with Crippen LogP contribution in [0.15, 0.2) is 53.5 Å². The van der Waals surface area contributed by atoms with Gasteiger partial charge < -0.3 is 0 Å². The van der Waals surface area contributed by atoms with Gasteiger partial charge in [0, 0.05) is 17.5 Å². The molecule has 0 aromatic heterocycles. The monoisotopic (exact) mass is 249 g/mol. The molecule has 0 radical (unpaired) electrons. The van der Waals surface area contributed by atoms with Gasteiger partial charge in [-0.25, -0.2) is 0 Å². The van der Waals surface area contributed by atoms with E-state index in [1.165, 1.54) is 22.4 Å². The molecule has 0 N–H and O–H groups in total. The molecule has 0 saturated heterocycles. The standard InChI is InChI=1S/C18H19N/c1-18(2,3)17-12-15-11-14(9-10-16(15)19-17)13-7-5-4-6-8-13/h4-11H,12H2,1-3H3. The van der Waals surface area contributed by atoms with Gasteiger partial charge in [-0.15, -0.1) is 0 Å². The van der Waals surface area contributed by atoms with E-state index in [1.807, 2.05) is 0 Å². The summed E-state index contributed by atoms with van der Waals surface area (Å²) in [7, 11) is 0. The molecule has 0 unspecified atom stereocenters. The van der Waals surface area contributed by atoms with Gasteiger partial charge in [0.1, 0.15) is 0 Å². The number of benzene rings is 2. The SMILES string of the molecule is CC(C)(C)C1=Nc2ccc(-c3ccccc3)cc2C1. The van der Waals surface area contributed by atoms with E-state index in [9.17, 15) is 0 Å². The van der Waals surface area contributed by atoms with Crippen LogP contribution in [0.2, 0.25) is 0 Å². The molecule has 3 rings (SSSR count). The molecule has 1 nitrogen and oxygen atoms in total. The summed E-state index contributed by atoms with van der Waals surface area (Å²) >= 11 is 0. The molecule has 0 amide bonds. The molecule has 0 spiro atoms. The average Bonchev–Trinajstić information content (AvgIpc) is 2.82. The predicted molar refractivity (Wildman–Crippen MR) is 82.1 cm³/mol. The van der Waals surface area contributed by atoms with Crippen molar-refractivity contribution >= 4 is 11.4 Å². The summed E-state index contributed by atoms with van der Waals surface area (Å²) in [6.45, 7) is 6.70. The Balaban J connectivity index is 1.96. The lowest BCUT2D eigenvalue weighted by molar-refractivity contribution is 0.584. The molecule has 0 aliphatic carbocycles. The van der Waals surface area contributed by atoms with Crippen LogP contribution in [0.4, 0.5) is 5.69 Å². The molecule has 1 aliphatic rings. The molecule has 1 heteroatoms. The molecule has 2 aromatic carbocycles. The van der Waals surface area contributed by atoms with E-state index in [-0.39, 0.29) is 5.41 Å². The molecule has 0 bridgehead atoms. The highest BCUT2D eigenvalue weighted by Crippen LogP contribution is 2.35. The van der Waals surface area contributed by atoms with Crippen molar-refractivity contribution in [3.8, 4) is 11.1 Å². The molecule has 1 heterocycles. The van der Waals surface area contributed by atoms with Crippen molar-refractivity contribution < 1.29 is 0 Å². The Kier molecular flexibility index (Phi) is 2.78. The molecule has 0 fully saturated rings. The molecule has 96 valence electrons. The third kappa shape index (κ3) is 2.33. The second-order valence-corrected chi connectivity index (χ2v) is 6.19. The van der Waals surface area contributed by atoms with E-state index in [0.717, 1.165) is 12.1 Å². The fourth-order valence-corrected chi connectivity index (χ4v) is 2.44. The third-order valence-corrected chi connectivity index (χ3v) is 3.67. The minimum atomic E-state index is 0.159. The number of fused-ring (bicyclic) bond motifs is 1. The van der Waals surface area contributed by atoms with Gasteiger partial charge in [-0.1, -0.05) is 57.2 Å². The highest BCUT2D eigenvalue weighted by atomic mass is 14.8. The fraction of sp³-hybridized carbons (Fsp3) is 0.278. The normalized spacial score (nSPS) is 14.2. The van der Waals surface area contributed by atoms with Gasteiger partial charge in [0.25, 0.3) is 0 Å². The van der Waals surface area contributed by atoms with Crippen LogP contribution in [0.1, 0.15) is 26.3 Å². The summed E-state index contributed by atoms with van der Waals surface area (Å²) in [6, 6.07) is 17.1. The number of hydrogen-bond acceptors (Lipinski definition) is 1. The molecule has 2 aromatic rings. The van der Waals surface area contributed by atoms with Crippen molar-refractivity contribution in [3.63, 3.8) is 0 Å². The molecule has 0 atom stereocenters. The van der Waals surface area contributed by atoms with Crippen LogP contribution in [0, 0.1) is 5.41 Å². The summed E-state index contributed by atoms with van der Waals surface area (Å²) in [5.41, 5.74) is 6.49. The van der Waals surface area contributed by atoms with Crippen LogP contribution in [0.3, 0.4) is 0 Å². The highest BCUT2D eigenvalue weighted by molar-refractivity contribution is 5.98. The van der Waals surface area contributed by atoms with Crippen LogP contribution in [-0.2, 0) is 6.42 Å². The van der Waals surface area contributed by atoms with Crippen LogP contribution >= 0.6 is 0 Å². The summed E-state index contributed by atoms with van der Waals surface area (Å²) in [5.74, 6) is 0. The third-order valence-electron chi connectivity index (χ3n) is 3.67. The maximum atomic E-state index is 4.77. The van der Waals surface area contributed by atoms with Gasteiger partial charge >= 0.3 is 0 Å². The van der Waals surface area contributed by atoms with Crippen LogP contribution in [-0.4, -0.2) is 5.71 Å². The van der Waals surface area contributed by atoms with Gasteiger partial charge in [0.2, 0.25) is 0 Å². The topological polar surface area (TPSA) is 12.4 Å². The van der Waals surface area contributed by atoms with Gasteiger partial charge in [-0.2, -0.15) is 0 Å². The zero-order valence-corrected chi connectivity index (χ0v) is 11.8. The van der Waals surface area contributed by atoms with Crippen LogP contribution < -0.4 is 0 Å². The van der Waals surface area contributed by atoms with Crippen molar-refractivity contribution in [2.75, 3.05) is 0 Å². The Morgan fingerprint density at radius 3 is 2.32 bits per heavy atom. The van der Waals surface area contributed by atoms with Gasteiger partial charge in [-0.3, -0.25) is 4.99 Å². The first-order valence-electron chi connectivity index (χ1n) is 6.80. The fourth-order valence-electron chi connectivity index (χ4n) is 2.44. The molecular weight excluding hydrogens is 230 g/mol. The maximum absolute atomic E-state index is 4.77. The van der Waals surface area contributed by atoms with Gasteiger partial charge in [0.05, 0.1) is 5.69 Å². The second-order valence-electron chi connectivity index (χ2n) is 6.19. The van der Waals surface area contributed by atoms with Crippen molar-refractivity contribution in [2.24, 2.45) is 10.4 Å². The zero-order valence-electron chi connectivity index (χ0n) is 11.8. The molecule has 1 aliphatic heterocycles. The van der Waals surface area contributed by atoms with Crippen molar-refractivity contribution in [1.82, 2.24) is 0 Å². The smallest absolute Gasteiger partial charge is 0.0665 e. The van der Waals surface area contributed by atoms with Gasteiger partial charge in [-0.05, 0) is 28.8 Å². The number of rotatable bonds is 1. The zero-order chi connectivity index (χ0) is 13.5. The lowest BCUT2D eigenvalue weighted by Crippen LogP contribution is -2.19. The van der Waals surface area contributed by atoms with Crippen LogP contribution in [0.25, 0.3) is 11.1 Å². The Morgan fingerprint density at radius 1 is 0.895 bits per heavy atom. The summed E-state index contributed by atoms with van der Waals surface area (Å²) < 4.78 is 0. The van der Waals surface area contributed by atoms with E-state index >= 15 is 0 Å². The van der Waals surface area contributed by atoms with E-state index in [0.29, 0.717) is 0 Å². The van der Waals surface area contributed by atoms with E-state index in [2.05, 4.69) is 69.3 Å². The van der Waals surface area contributed by atoms with Gasteiger partial charge in [0.15, 0.2) is 0 Å². The molecular formula is C18H19N. The van der Waals surface area contributed by atoms with E-state index < -0.39 is 0 Å². The first kappa shape index (κ1) is 12.2. The number of nitrogens with zero attached hydrogens (tertiary/aromatic N) is 1. The summed E-state index contributed by atoms with van der Waals surface area (Å²) in [5, 5.41) is 0. The summed E-state index contributed by atoms with van der Waals surface area (Å²) in [4.78, 5) is 4.77. The molecule has 19 heavy (non-hydrogen) atoms. The highest BCUT2D eigenvalue weighted by Gasteiger charge is 2.25. The van der Waals surface area contributed by atoms with Crippen molar-refractivity contribution in [1.29, 1.82) is 0 Å². The largest absolute Gasteiger partial charge is 0.257 e. The Labute approximate surface area is 115 Å². The minimum Gasteiger partial charge on any atom is -0.257 e. The number of hydrogen-bond donors (Lipinski definition) is 0. The average molecular weight is 249 g/mol. The quantitative estimate of drug-likeness (QED) is 0.672. The Morgan fingerprint density at radius 2 is 1.63 bits per heavy atom. The van der Waals surface area contributed by atoms with Crippen LogP contribution in [0.5, 0.6) is 0 Å². The first-order chi connectivity index (χ1) is 9.04. The Hall–Kier alpha value is -1.89. The molecule has 0 saturated carbocycles. The Bertz CT molecular complexity index is 630. The number of aliphatic imine (C=N–C) groups is 1. The van der Waals surface area contributed by atoms with Crippen molar-refractivity contribution in [2.45, 2.75) is 27.2 Å². The van der Waals surface area contributed by atoms with Crippen molar-refractivity contribution in [3.05, 3.63) is 54.1 Å². The predicted octanol–water partition coefficient (Wildman–Crippen LogP) is 5.03. The first-order valence-corrected chi connectivity index (χ1v) is 6.80. The maximum Gasteiger partial charge on any atom is 0.0665 e. The minimum absolute atomic E-state index is 0.159. The second kappa shape index (κ2) is 4.34. The lowest BCUT2D eigenvalue weighted by atomic mass is 9.87.